The maximum atomic E-state index is 12.9. The van der Waals surface area contributed by atoms with Crippen molar-refractivity contribution in [2.24, 2.45) is 0 Å². The van der Waals surface area contributed by atoms with Gasteiger partial charge in [-0.1, -0.05) is 17.7 Å². The maximum absolute atomic E-state index is 12.9. The molecule has 1 fully saturated rings. The van der Waals surface area contributed by atoms with Crippen molar-refractivity contribution in [3.63, 3.8) is 0 Å². The van der Waals surface area contributed by atoms with Gasteiger partial charge in [0.05, 0.1) is 9.92 Å². The summed E-state index contributed by atoms with van der Waals surface area (Å²) >= 11 is 6.14. The van der Waals surface area contributed by atoms with Gasteiger partial charge in [-0.25, -0.2) is 21.8 Å². The lowest BCUT2D eigenvalue weighted by molar-refractivity contribution is 0.102. The van der Waals surface area contributed by atoms with Gasteiger partial charge in [0.1, 0.15) is 10.7 Å². The van der Waals surface area contributed by atoms with Crippen LogP contribution in [0.3, 0.4) is 0 Å². The second-order valence-corrected chi connectivity index (χ2v) is 11.6. The number of nitrogens with zero attached hydrogens (tertiary/aromatic N) is 2. The molecule has 0 saturated carbocycles. The zero-order valence-electron chi connectivity index (χ0n) is 17.8. The summed E-state index contributed by atoms with van der Waals surface area (Å²) in [5, 5.41) is 2.68. The molecule has 0 aliphatic carbocycles. The van der Waals surface area contributed by atoms with Crippen LogP contribution in [0, 0.1) is 0 Å². The van der Waals surface area contributed by atoms with Crippen molar-refractivity contribution in [3.05, 3.63) is 77.4 Å². The van der Waals surface area contributed by atoms with Gasteiger partial charge in [-0.3, -0.25) is 9.52 Å². The molecular weight excluding hydrogens is 500 g/mol. The Hall–Kier alpha value is -2.99. The Balaban J connectivity index is 1.50. The van der Waals surface area contributed by atoms with Crippen LogP contribution in [0.15, 0.2) is 76.7 Å². The van der Waals surface area contributed by atoms with E-state index in [4.69, 9.17) is 11.6 Å². The Morgan fingerprint density at radius 3 is 2.29 bits per heavy atom. The highest BCUT2D eigenvalue weighted by molar-refractivity contribution is 7.92. The number of amides is 1. The molecule has 12 heteroatoms. The number of carbonyl (C=O) groups is 1. The average Bonchev–Trinajstić information content (AvgIpc) is 3.36. The molecule has 9 nitrogen and oxygen atoms in total. The molecule has 1 aliphatic rings. The number of pyridine rings is 1. The molecule has 0 atom stereocenters. The van der Waals surface area contributed by atoms with E-state index in [0.29, 0.717) is 18.8 Å². The number of rotatable bonds is 7. The van der Waals surface area contributed by atoms with E-state index in [1.807, 2.05) is 0 Å². The van der Waals surface area contributed by atoms with Crippen LogP contribution in [0.2, 0.25) is 5.02 Å². The molecule has 2 N–H and O–H groups in total. The number of sulfonamides is 2. The third-order valence-electron chi connectivity index (χ3n) is 5.20. The van der Waals surface area contributed by atoms with Gasteiger partial charge in [-0.05, 0) is 67.4 Å². The van der Waals surface area contributed by atoms with Gasteiger partial charge in [0.15, 0.2) is 0 Å². The standard InChI is InChI=1S/C22H21ClN4O5S2/c23-19-11-6-16(15-20(19)34(31,32)27-13-3-4-14-27)22(28)25-17-7-9-18(10-8-17)33(29,30)26-21-5-1-2-12-24-21/h1-2,5-12,15H,3-4,13-14H2,(H,24,26)(H,25,28). The maximum Gasteiger partial charge on any atom is 0.263 e. The first-order valence-electron chi connectivity index (χ1n) is 10.3. The van der Waals surface area contributed by atoms with Crippen molar-refractivity contribution in [2.75, 3.05) is 23.1 Å². The largest absolute Gasteiger partial charge is 0.322 e. The second kappa shape index (κ2) is 9.71. The highest BCUT2D eigenvalue weighted by Gasteiger charge is 2.29. The highest BCUT2D eigenvalue weighted by Crippen LogP contribution is 2.28. The Bertz CT molecular complexity index is 1410. The first-order valence-corrected chi connectivity index (χ1v) is 13.6. The number of aromatic nitrogens is 1. The molecule has 3 aromatic rings. The normalized spacial score (nSPS) is 14.6. The number of nitrogens with one attached hydrogen (secondary N) is 2. The second-order valence-electron chi connectivity index (χ2n) is 7.56. The van der Waals surface area contributed by atoms with E-state index < -0.39 is 26.0 Å². The number of hydrogen-bond acceptors (Lipinski definition) is 6. The first-order chi connectivity index (χ1) is 16.2. The number of benzene rings is 2. The van der Waals surface area contributed by atoms with Crippen molar-refractivity contribution in [3.8, 4) is 0 Å². The van der Waals surface area contributed by atoms with Gasteiger partial charge < -0.3 is 5.32 Å². The summed E-state index contributed by atoms with van der Waals surface area (Å²) in [5.74, 6) is -0.376. The molecule has 0 unspecified atom stereocenters. The lowest BCUT2D eigenvalue weighted by Gasteiger charge is -2.17. The minimum atomic E-state index is -3.86. The van der Waals surface area contributed by atoms with E-state index in [2.05, 4.69) is 15.0 Å². The van der Waals surface area contributed by atoms with E-state index in [9.17, 15) is 21.6 Å². The Morgan fingerprint density at radius 1 is 0.941 bits per heavy atom. The molecule has 34 heavy (non-hydrogen) atoms. The fourth-order valence-electron chi connectivity index (χ4n) is 3.45. The Labute approximate surface area is 202 Å². The van der Waals surface area contributed by atoms with Crippen molar-refractivity contribution in [2.45, 2.75) is 22.6 Å². The summed E-state index contributed by atoms with van der Waals surface area (Å²) < 4.78 is 54.5. The molecule has 2 aromatic carbocycles. The molecule has 0 radical (unpaired) electrons. The summed E-state index contributed by atoms with van der Waals surface area (Å²) in [4.78, 5) is 16.5. The van der Waals surface area contributed by atoms with E-state index in [1.54, 1.807) is 12.1 Å². The quantitative estimate of drug-likeness (QED) is 0.490. The topological polar surface area (TPSA) is 126 Å². The third-order valence-corrected chi connectivity index (χ3v) is 8.95. The molecule has 4 rings (SSSR count). The Kier molecular flexibility index (Phi) is 6.89. The zero-order chi connectivity index (χ0) is 24.3. The molecule has 2 heterocycles. The highest BCUT2D eigenvalue weighted by atomic mass is 35.5. The van der Waals surface area contributed by atoms with E-state index in [0.717, 1.165) is 12.8 Å². The summed E-state index contributed by atoms with van der Waals surface area (Å²) in [7, 11) is -7.66. The minimum Gasteiger partial charge on any atom is -0.322 e. The lowest BCUT2D eigenvalue weighted by Crippen LogP contribution is -2.28. The Morgan fingerprint density at radius 2 is 1.65 bits per heavy atom. The van der Waals surface area contributed by atoms with Crippen LogP contribution in [-0.4, -0.2) is 45.1 Å². The van der Waals surface area contributed by atoms with Crippen LogP contribution in [0.25, 0.3) is 0 Å². The number of halogens is 1. The lowest BCUT2D eigenvalue weighted by atomic mass is 10.2. The predicted molar refractivity (Wildman–Crippen MR) is 129 cm³/mol. The summed E-state index contributed by atoms with van der Waals surface area (Å²) in [5.41, 5.74) is 0.441. The van der Waals surface area contributed by atoms with Crippen molar-refractivity contribution in [1.29, 1.82) is 0 Å². The smallest absolute Gasteiger partial charge is 0.263 e. The van der Waals surface area contributed by atoms with Gasteiger partial charge in [0.25, 0.3) is 15.9 Å². The molecular formula is C22H21ClN4O5S2. The summed E-state index contributed by atoms with van der Waals surface area (Å²) in [6, 6.07) is 14.4. The van der Waals surface area contributed by atoms with Crippen LogP contribution in [0.5, 0.6) is 0 Å². The van der Waals surface area contributed by atoms with Gasteiger partial charge in [0.2, 0.25) is 10.0 Å². The monoisotopic (exact) mass is 520 g/mol. The van der Waals surface area contributed by atoms with Crippen LogP contribution >= 0.6 is 11.6 Å². The molecule has 0 spiro atoms. The minimum absolute atomic E-state index is 0.0124. The van der Waals surface area contributed by atoms with E-state index >= 15 is 0 Å². The number of carbonyl (C=O) groups excluding carboxylic acids is 1. The van der Waals surface area contributed by atoms with Crippen LogP contribution < -0.4 is 10.0 Å². The van der Waals surface area contributed by atoms with Crippen LogP contribution in [0.4, 0.5) is 11.5 Å². The first kappa shape index (κ1) is 24.1. The van der Waals surface area contributed by atoms with Gasteiger partial charge in [-0.15, -0.1) is 0 Å². The van der Waals surface area contributed by atoms with Crippen molar-refractivity contribution < 1.29 is 21.6 Å². The van der Waals surface area contributed by atoms with E-state index in [-0.39, 0.29) is 26.2 Å². The molecule has 1 amide bonds. The zero-order valence-corrected chi connectivity index (χ0v) is 20.2. The predicted octanol–water partition coefficient (Wildman–Crippen LogP) is 3.57. The molecule has 0 bridgehead atoms. The van der Waals surface area contributed by atoms with Crippen molar-refractivity contribution in [1.82, 2.24) is 9.29 Å². The summed E-state index contributed by atoms with van der Waals surface area (Å²) in [6.07, 6.45) is 3.02. The molecule has 1 aliphatic heterocycles. The summed E-state index contributed by atoms with van der Waals surface area (Å²) in [6.45, 7) is 0.832. The number of hydrogen-bond donors (Lipinski definition) is 2. The SMILES string of the molecule is O=C(Nc1ccc(S(=O)(=O)Nc2ccccn2)cc1)c1ccc(Cl)c(S(=O)(=O)N2CCCC2)c1. The van der Waals surface area contributed by atoms with Crippen molar-refractivity contribution >= 4 is 49.1 Å². The molecule has 1 saturated heterocycles. The average molecular weight is 521 g/mol. The van der Waals surface area contributed by atoms with E-state index in [1.165, 1.54) is 59.0 Å². The third kappa shape index (κ3) is 5.22. The van der Waals surface area contributed by atoms with Crippen LogP contribution in [0.1, 0.15) is 23.2 Å². The van der Waals surface area contributed by atoms with Crippen LogP contribution in [-0.2, 0) is 20.0 Å². The fourth-order valence-corrected chi connectivity index (χ4v) is 6.48. The molecule has 178 valence electrons. The number of anilines is 2. The van der Waals surface area contributed by atoms with Gasteiger partial charge in [-0.2, -0.15) is 4.31 Å². The van der Waals surface area contributed by atoms with Gasteiger partial charge in [0, 0.05) is 30.5 Å². The molecule has 1 aromatic heterocycles. The van der Waals surface area contributed by atoms with Gasteiger partial charge >= 0.3 is 0 Å². The fraction of sp³-hybridized carbons (Fsp3) is 0.182.